The number of ether oxygens (including phenoxy) is 1. The standard InChI is InChI=1S/C25H30BrN3O3S/c1-16(2)15-32-22-13-12-17(14-20(22)26)23(30)29-25(33)28-21-11-7-6-10-19(21)24(31)27-18-8-4-3-5-9-18/h6-7,10-14,16,18H,3-5,8-9,15H2,1-2H3,(H,27,31)(H2,28,29,30,33). The topological polar surface area (TPSA) is 79.5 Å². The molecule has 0 unspecified atom stereocenters. The molecule has 0 aromatic heterocycles. The fraction of sp³-hybridized carbons (Fsp3) is 0.400. The van der Waals surface area contributed by atoms with Crippen molar-refractivity contribution in [2.45, 2.75) is 52.0 Å². The van der Waals surface area contributed by atoms with Gasteiger partial charge in [0.15, 0.2) is 5.11 Å². The molecule has 1 saturated carbocycles. The third-order valence-electron chi connectivity index (χ3n) is 5.35. The van der Waals surface area contributed by atoms with Gasteiger partial charge < -0.3 is 15.4 Å². The summed E-state index contributed by atoms with van der Waals surface area (Å²) in [6, 6.07) is 12.5. The number of benzene rings is 2. The number of hydrogen-bond donors (Lipinski definition) is 3. The highest BCUT2D eigenvalue weighted by atomic mass is 79.9. The number of hydrogen-bond acceptors (Lipinski definition) is 4. The lowest BCUT2D eigenvalue weighted by atomic mass is 9.95. The Hall–Kier alpha value is -2.45. The van der Waals surface area contributed by atoms with E-state index in [1.54, 1.807) is 30.3 Å². The van der Waals surface area contributed by atoms with Gasteiger partial charge in [0.1, 0.15) is 5.75 Å². The lowest BCUT2D eigenvalue weighted by Crippen LogP contribution is -2.37. The molecular formula is C25H30BrN3O3S. The summed E-state index contributed by atoms with van der Waals surface area (Å²) in [5, 5.41) is 8.90. The van der Waals surface area contributed by atoms with Crippen LogP contribution in [0.3, 0.4) is 0 Å². The third-order valence-corrected chi connectivity index (χ3v) is 6.18. The molecule has 6 nitrogen and oxygen atoms in total. The first-order valence-corrected chi connectivity index (χ1v) is 12.5. The summed E-state index contributed by atoms with van der Waals surface area (Å²) < 4.78 is 6.42. The highest BCUT2D eigenvalue weighted by molar-refractivity contribution is 9.10. The summed E-state index contributed by atoms with van der Waals surface area (Å²) in [5.74, 6) is 0.586. The first-order chi connectivity index (χ1) is 15.8. The quantitative estimate of drug-likeness (QED) is 0.401. The monoisotopic (exact) mass is 531 g/mol. The molecule has 33 heavy (non-hydrogen) atoms. The molecule has 3 N–H and O–H groups in total. The number of amides is 2. The van der Waals surface area contributed by atoms with Crippen LogP contribution >= 0.6 is 28.1 Å². The van der Waals surface area contributed by atoms with Gasteiger partial charge in [-0.2, -0.15) is 0 Å². The maximum atomic E-state index is 12.8. The number of carbonyl (C=O) groups is 2. The third kappa shape index (κ3) is 7.54. The van der Waals surface area contributed by atoms with Gasteiger partial charge in [0.2, 0.25) is 0 Å². The largest absolute Gasteiger partial charge is 0.492 e. The van der Waals surface area contributed by atoms with Crippen molar-refractivity contribution in [3.05, 3.63) is 58.1 Å². The Bertz CT molecular complexity index is 1010. The summed E-state index contributed by atoms with van der Waals surface area (Å²) in [4.78, 5) is 25.5. The normalized spacial score (nSPS) is 13.9. The smallest absolute Gasteiger partial charge is 0.257 e. The van der Waals surface area contributed by atoms with Crippen LogP contribution in [0, 0.1) is 5.92 Å². The van der Waals surface area contributed by atoms with Crippen LogP contribution in [0.1, 0.15) is 66.7 Å². The predicted molar refractivity (Wildman–Crippen MR) is 139 cm³/mol. The second-order valence-electron chi connectivity index (χ2n) is 8.61. The Kier molecular flexibility index (Phi) is 9.26. The number of thiocarbonyl (C=S) groups is 1. The summed E-state index contributed by atoms with van der Waals surface area (Å²) in [6.45, 7) is 4.73. The zero-order chi connectivity index (χ0) is 23.8. The number of para-hydroxylation sites is 1. The van der Waals surface area contributed by atoms with Crippen LogP contribution in [-0.2, 0) is 0 Å². The molecule has 0 atom stereocenters. The van der Waals surface area contributed by atoms with E-state index in [1.807, 2.05) is 12.1 Å². The minimum Gasteiger partial charge on any atom is -0.492 e. The van der Waals surface area contributed by atoms with Gasteiger partial charge in [-0.3, -0.25) is 14.9 Å². The lowest BCUT2D eigenvalue weighted by Gasteiger charge is -2.23. The molecule has 0 spiro atoms. The van der Waals surface area contributed by atoms with E-state index in [0.717, 1.165) is 25.7 Å². The number of rotatable bonds is 7. The van der Waals surface area contributed by atoms with E-state index < -0.39 is 0 Å². The van der Waals surface area contributed by atoms with Crippen molar-refractivity contribution in [1.82, 2.24) is 10.6 Å². The van der Waals surface area contributed by atoms with Crippen LogP contribution in [0.25, 0.3) is 0 Å². The van der Waals surface area contributed by atoms with Crippen molar-refractivity contribution in [2.75, 3.05) is 11.9 Å². The van der Waals surface area contributed by atoms with Crippen LogP contribution in [0.15, 0.2) is 46.9 Å². The van der Waals surface area contributed by atoms with Gasteiger partial charge in [-0.05, 0) is 77.2 Å². The molecule has 0 bridgehead atoms. The molecule has 0 radical (unpaired) electrons. The Morgan fingerprint density at radius 3 is 2.52 bits per heavy atom. The second kappa shape index (κ2) is 12.1. The van der Waals surface area contributed by atoms with Gasteiger partial charge in [0, 0.05) is 11.6 Å². The Balaban J connectivity index is 1.61. The van der Waals surface area contributed by atoms with Gasteiger partial charge in [0.05, 0.1) is 22.3 Å². The summed E-state index contributed by atoms with van der Waals surface area (Å²) >= 11 is 8.79. The summed E-state index contributed by atoms with van der Waals surface area (Å²) in [6.07, 6.45) is 5.52. The Labute approximate surface area is 209 Å². The molecule has 8 heteroatoms. The molecule has 0 saturated heterocycles. The molecular weight excluding hydrogens is 502 g/mol. The number of anilines is 1. The highest BCUT2D eigenvalue weighted by Crippen LogP contribution is 2.26. The highest BCUT2D eigenvalue weighted by Gasteiger charge is 2.19. The van der Waals surface area contributed by atoms with Crippen molar-refractivity contribution < 1.29 is 14.3 Å². The van der Waals surface area contributed by atoms with Crippen LogP contribution in [0.4, 0.5) is 5.69 Å². The molecule has 0 heterocycles. The van der Waals surface area contributed by atoms with Crippen molar-refractivity contribution in [2.24, 2.45) is 5.92 Å². The Morgan fingerprint density at radius 2 is 1.82 bits per heavy atom. The Morgan fingerprint density at radius 1 is 1.09 bits per heavy atom. The molecule has 2 amide bonds. The van der Waals surface area contributed by atoms with E-state index in [0.29, 0.717) is 39.6 Å². The first-order valence-electron chi connectivity index (χ1n) is 11.3. The average molecular weight is 533 g/mol. The van der Waals surface area contributed by atoms with Gasteiger partial charge in [-0.25, -0.2) is 0 Å². The van der Waals surface area contributed by atoms with E-state index >= 15 is 0 Å². The summed E-state index contributed by atoms with van der Waals surface area (Å²) in [5.41, 5.74) is 1.48. The molecule has 2 aromatic rings. The van der Waals surface area contributed by atoms with Crippen LogP contribution in [0.2, 0.25) is 0 Å². The maximum Gasteiger partial charge on any atom is 0.257 e. The lowest BCUT2D eigenvalue weighted by molar-refractivity contribution is 0.0927. The fourth-order valence-corrected chi connectivity index (χ4v) is 4.34. The van der Waals surface area contributed by atoms with E-state index in [1.165, 1.54) is 6.42 Å². The van der Waals surface area contributed by atoms with Gasteiger partial charge >= 0.3 is 0 Å². The molecule has 0 aliphatic heterocycles. The molecule has 2 aromatic carbocycles. The fourth-order valence-electron chi connectivity index (χ4n) is 3.64. The van der Waals surface area contributed by atoms with Crippen molar-refractivity contribution in [1.29, 1.82) is 0 Å². The van der Waals surface area contributed by atoms with E-state index in [9.17, 15) is 9.59 Å². The number of nitrogens with one attached hydrogen (secondary N) is 3. The molecule has 1 aliphatic carbocycles. The van der Waals surface area contributed by atoms with Crippen LogP contribution in [0.5, 0.6) is 5.75 Å². The maximum absolute atomic E-state index is 12.8. The predicted octanol–water partition coefficient (Wildman–Crippen LogP) is 5.67. The van der Waals surface area contributed by atoms with E-state index in [-0.39, 0.29) is 23.0 Å². The van der Waals surface area contributed by atoms with Crippen LogP contribution < -0.4 is 20.7 Å². The van der Waals surface area contributed by atoms with Gasteiger partial charge in [0.25, 0.3) is 11.8 Å². The molecule has 176 valence electrons. The molecule has 3 rings (SSSR count). The van der Waals surface area contributed by atoms with E-state index in [2.05, 4.69) is 45.7 Å². The minimum atomic E-state index is -0.354. The van der Waals surface area contributed by atoms with Crippen molar-refractivity contribution >= 4 is 50.8 Å². The number of carbonyl (C=O) groups excluding carboxylic acids is 2. The van der Waals surface area contributed by atoms with Gasteiger partial charge in [-0.1, -0.05) is 45.2 Å². The van der Waals surface area contributed by atoms with E-state index in [4.69, 9.17) is 17.0 Å². The second-order valence-corrected chi connectivity index (χ2v) is 9.87. The van der Waals surface area contributed by atoms with Crippen molar-refractivity contribution in [3.8, 4) is 5.75 Å². The van der Waals surface area contributed by atoms with Crippen molar-refractivity contribution in [3.63, 3.8) is 0 Å². The molecule has 1 aliphatic rings. The van der Waals surface area contributed by atoms with Crippen LogP contribution in [-0.4, -0.2) is 29.6 Å². The minimum absolute atomic E-state index is 0.120. The SMILES string of the molecule is CC(C)COc1ccc(C(=O)NC(=S)Nc2ccccc2C(=O)NC2CCCCC2)cc1Br. The zero-order valence-corrected chi connectivity index (χ0v) is 21.4. The zero-order valence-electron chi connectivity index (χ0n) is 18.9. The molecule has 1 fully saturated rings. The summed E-state index contributed by atoms with van der Waals surface area (Å²) in [7, 11) is 0. The first kappa shape index (κ1) is 25.2. The average Bonchev–Trinajstić information content (AvgIpc) is 2.79. The number of halogens is 1. The van der Waals surface area contributed by atoms with Gasteiger partial charge in [-0.15, -0.1) is 0 Å².